The summed E-state index contributed by atoms with van der Waals surface area (Å²) in [6.07, 6.45) is 3.92. The molecule has 0 saturated carbocycles. The van der Waals surface area contributed by atoms with E-state index >= 15 is 0 Å². The first kappa shape index (κ1) is 23.2. The summed E-state index contributed by atoms with van der Waals surface area (Å²) >= 11 is 0. The Bertz CT molecular complexity index is 988. The smallest absolute Gasteiger partial charge is 0.257 e. The molecule has 0 atom stereocenters. The summed E-state index contributed by atoms with van der Waals surface area (Å²) < 4.78 is 20.2. The van der Waals surface area contributed by atoms with Crippen molar-refractivity contribution in [2.45, 2.75) is 32.1 Å². The van der Waals surface area contributed by atoms with Crippen molar-refractivity contribution in [3.8, 4) is 5.75 Å². The highest BCUT2D eigenvalue weighted by molar-refractivity contribution is 5.97. The number of fused-ring (bicyclic) bond motifs is 9. The highest BCUT2D eigenvalue weighted by Gasteiger charge is 2.36. The van der Waals surface area contributed by atoms with Crippen molar-refractivity contribution in [2.24, 2.45) is 5.41 Å². The standard InChI is InChI=1S/C26H31FN2O4/c27-22-9-3-1-7-20(22)24(31)28-14-6-5-11-26(19-30)12-15-29(16-13-26)25(32)21-8-2-4-10-23(21)33-18-17-28/h1-4,7-10,30H,5-6,11-19H2. The Balaban J connectivity index is 1.58. The summed E-state index contributed by atoms with van der Waals surface area (Å²) in [5, 5.41) is 10.1. The zero-order valence-corrected chi connectivity index (χ0v) is 18.8. The van der Waals surface area contributed by atoms with Gasteiger partial charge in [0.25, 0.3) is 11.8 Å². The molecule has 1 N–H and O–H groups in total. The number of hydrogen-bond donors (Lipinski definition) is 1. The maximum atomic E-state index is 14.3. The fourth-order valence-corrected chi connectivity index (χ4v) is 4.80. The number of para-hydroxylation sites is 1. The van der Waals surface area contributed by atoms with Crippen molar-refractivity contribution in [3.05, 3.63) is 65.5 Å². The van der Waals surface area contributed by atoms with Crippen LogP contribution in [0.1, 0.15) is 52.8 Å². The van der Waals surface area contributed by atoms with Gasteiger partial charge in [0, 0.05) is 26.2 Å². The predicted octanol–water partition coefficient (Wildman–Crippen LogP) is 3.75. The number of benzene rings is 2. The Morgan fingerprint density at radius 2 is 1.70 bits per heavy atom. The number of rotatable bonds is 2. The summed E-state index contributed by atoms with van der Waals surface area (Å²) in [6, 6.07) is 13.1. The second-order valence-electron chi connectivity index (χ2n) is 9.02. The molecule has 3 aliphatic heterocycles. The Labute approximate surface area is 194 Å². The highest BCUT2D eigenvalue weighted by Crippen LogP contribution is 2.37. The molecule has 176 valence electrons. The summed E-state index contributed by atoms with van der Waals surface area (Å²) in [7, 11) is 0. The van der Waals surface area contributed by atoms with Gasteiger partial charge in [0.2, 0.25) is 0 Å². The monoisotopic (exact) mass is 454 g/mol. The van der Waals surface area contributed by atoms with Gasteiger partial charge in [-0.15, -0.1) is 0 Å². The number of carbonyl (C=O) groups excluding carboxylic acids is 2. The molecule has 2 aromatic carbocycles. The van der Waals surface area contributed by atoms with Crippen LogP contribution in [0, 0.1) is 11.2 Å². The molecule has 2 aromatic rings. The van der Waals surface area contributed by atoms with Crippen molar-refractivity contribution in [2.75, 3.05) is 39.4 Å². The molecule has 2 amide bonds. The molecule has 7 heteroatoms. The van der Waals surface area contributed by atoms with E-state index in [0.717, 1.165) is 32.1 Å². The lowest BCUT2D eigenvalue weighted by Gasteiger charge is -2.41. The molecule has 33 heavy (non-hydrogen) atoms. The SMILES string of the molecule is O=C(c1ccccc1F)N1CCCCC2(CO)CCN(CC2)C(=O)c2ccccc2OCC1. The third-order valence-electron chi connectivity index (χ3n) is 6.96. The Morgan fingerprint density at radius 1 is 0.970 bits per heavy atom. The van der Waals surface area contributed by atoms with Crippen molar-refractivity contribution in [1.29, 1.82) is 0 Å². The molecule has 1 saturated heterocycles. The fourth-order valence-electron chi connectivity index (χ4n) is 4.80. The van der Waals surface area contributed by atoms with Crippen LogP contribution in [0.2, 0.25) is 0 Å². The first-order chi connectivity index (χ1) is 16.0. The molecular formula is C26H31FN2O4. The normalized spacial score (nSPS) is 19.3. The van der Waals surface area contributed by atoms with Crippen LogP contribution < -0.4 is 4.74 Å². The molecule has 2 bridgehead atoms. The van der Waals surface area contributed by atoms with Gasteiger partial charge >= 0.3 is 0 Å². The molecule has 3 aliphatic rings. The summed E-state index contributed by atoms with van der Waals surface area (Å²) in [6.45, 7) is 2.25. The largest absolute Gasteiger partial charge is 0.491 e. The second kappa shape index (κ2) is 10.3. The minimum absolute atomic E-state index is 0.0456. The average molecular weight is 455 g/mol. The number of hydrogen-bond acceptors (Lipinski definition) is 4. The van der Waals surface area contributed by atoms with Crippen LogP contribution in [0.15, 0.2) is 48.5 Å². The van der Waals surface area contributed by atoms with E-state index in [2.05, 4.69) is 0 Å². The molecule has 6 nitrogen and oxygen atoms in total. The van der Waals surface area contributed by atoms with Crippen molar-refractivity contribution in [3.63, 3.8) is 0 Å². The quantitative estimate of drug-likeness (QED) is 0.751. The zero-order valence-electron chi connectivity index (χ0n) is 18.8. The van der Waals surface area contributed by atoms with Crippen molar-refractivity contribution in [1.82, 2.24) is 9.80 Å². The van der Waals surface area contributed by atoms with Gasteiger partial charge in [0.15, 0.2) is 0 Å². The number of nitrogens with zero attached hydrogens (tertiary/aromatic N) is 2. The van der Waals surface area contributed by atoms with E-state index in [-0.39, 0.29) is 42.6 Å². The van der Waals surface area contributed by atoms with Crippen LogP contribution in [-0.2, 0) is 0 Å². The highest BCUT2D eigenvalue weighted by atomic mass is 19.1. The molecule has 0 radical (unpaired) electrons. The zero-order chi connectivity index (χ0) is 23.3. The summed E-state index contributed by atoms with van der Waals surface area (Å²) in [4.78, 5) is 29.7. The lowest BCUT2D eigenvalue weighted by molar-refractivity contribution is 0.0297. The van der Waals surface area contributed by atoms with Gasteiger partial charge in [-0.05, 0) is 55.4 Å². The maximum absolute atomic E-state index is 14.3. The minimum Gasteiger partial charge on any atom is -0.491 e. The Hall–Kier alpha value is -2.93. The number of halogens is 1. The van der Waals surface area contributed by atoms with Crippen LogP contribution in [0.4, 0.5) is 4.39 Å². The summed E-state index contributed by atoms with van der Waals surface area (Å²) in [5.74, 6) is -0.504. The third kappa shape index (κ3) is 5.19. The van der Waals surface area contributed by atoms with Crippen molar-refractivity contribution < 1.29 is 23.8 Å². The van der Waals surface area contributed by atoms with Gasteiger partial charge < -0.3 is 19.6 Å². The Morgan fingerprint density at radius 3 is 2.45 bits per heavy atom. The van der Waals surface area contributed by atoms with Gasteiger partial charge in [-0.25, -0.2) is 4.39 Å². The topological polar surface area (TPSA) is 70.1 Å². The number of ether oxygens (including phenoxy) is 1. The molecule has 0 unspecified atom stereocenters. The molecule has 3 heterocycles. The molecule has 0 aromatic heterocycles. The molecular weight excluding hydrogens is 423 g/mol. The Kier molecular flexibility index (Phi) is 7.28. The van der Waals surface area contributed by atoms with Crippen molar-refractivity contribution >= 4 is 11.8 Å². The number of aliphatic hydroxyl groups is 1. The van der Waals surface area contributed by atoms with Gasteiger partial charge in [0.1, 0.15) is 18.2 Å². The fraction of sp³-hybridized carbons (Fsp3) is 0.462. The van der Waals surface area contributed by atoms with E-state index < -0.39 is 5.82 Å². The number of piperidine rings is 1. The second-order valence-corrected chi connectivity index (χ2v) is 9.02. The maximum Gasteiger partial charge on any atom is 0.257 e. The summed E-state index contributed by atoms with van der Waals surface area (Å²) in [5.41, 5.74) is 0.341. The number of amides is 2. The van der Waals surface area contributed by atoms with E-state index in [0.29, 0.717) is 30.9 Å². The van der Waals surface area contributed by atoms with Crippen LogP contribution in [0.25, 0.3) is 0 Å². The van der Waals surface area contributed by atoms with E-state index in [1.165, 1.54) is 12.1 Å². The van der Waals surface area contributed by atoms with Crippen LogP contribution in [-0.4, -0.2) is 66.1 Å². The first-order valence-corrected chi connectivity index (χ1v) is 11.7. The van der Waals surface area contributed by atoms with Crippen LogP contribution >= 0.6 is 0 Å². The van der Waals surface area contributed by atoms with E-state index in [9.17, 15) is 19.1 Å². The molecule has 5 rings (SSSR count). The predicted molar refractivity (Wildman–Crippen MR) is 123 cm³/mol. The molecule has 1 fully saturated rings. The van der Waals surface area contributed by atoms with E-state index in [1.54, 1.807) is 29.2 Å². The van der Waals surface area contributed by atoms with E-state index in [1.807, 2.05) is 17.0 Å². The average Bonchev–Trinajstić information content (AvgIpc) is 2.86. The lowest BCUT2D eigenvalue weighted by Crippen LogP contribution is -2.44. The van der Waals surface area contributed by atoms with Gasteiger partial charge in [0.05, 0.1) is 17.7 Å². The van der Waals surface area contributed by atoms with Gasteiger partial charge in [-0.2, -0.15) is 0 Å². The van der Waals surface area contributed by atoms with Gasteiger partial charge in [-0.3, -0.25) is 9.59 Å². The van der Waals surface area contributed by atoms with E-state index in [4.69, 9.17) is 4.74 Å². The van der Waals surface area contributed by atoms with Crippen LogP contribution in [0.3, 0.4) is 0 Å². The third-order valence-corrected chi connectivity index (χ3v) is 6.96. The lowest BCUT2D eigenvalue weighted by atomic mass is 9.75. The molecule has 0 aliphatic carbocycles. The first-order valence-electron chi connectivity index (χ1n) is 11.7. The number of aliphatic hydroxyl groups excluding tert-OH is 1. The minimum atomic E-state index is -0.541. The molecule has 0 spiro atoms. The van der Waals surface area contributed by atoms with Gasteiger partial charge in [-0.1, -0.05) is 30.7 Å². The number of carbonyl (C=O) groups is 2. The van der Waals surface area contributed by atoms with Crippen LogP contribution in [0.5, 0.6) is 5.75 Å².